The lowest BCUT2D eigenvalue weighted by molar-refractivity contribution is 0.273. The molecule has 1 rings (SSSR count). The Kier molecular flexibility index (Phi) is 5.91. The summed E-state index contributed by atoms with van der Waals surface area (Å²) in [4.78, 5) is 0.157. The van der Waals surface area contributed by atoms with Crippen LogP contribution >= 0.6 is 6.72 Å². The smallest absolute Gasteiger partial charge is 0.380 e. The predicted molar refractivity (Wildman–Crippen MR) is 76.2 cm³/mol. The molecule has 0 aliphatic heterocycles. The van der Waals surface area contributed by atoms with E-state index in [0.717, 1.165) is 0 Å². The summed E-state index contributed by atoms with van der Waals surface area (Å²) in [7, 11) is -0.673. The van der Waals surface area contributed by atoms with Crippen molar-refractivity contribution in [2.75, 3.05) is 20.8 Å². The summed E-state index contributed by atoms with van der Waals surface area (Å²) in [6, 6.07) is 5.86. The van der Waals surface area contributed by atoms with Gasteiger partial charge < -0.3 is 13.6 Å². The first-order valence-corrected chi connectivity index (χ1v) is 9.41. The molecule has 0 spiro atoms. The Morgan fingerprint density at radius 1 is 1.21 bits per heavy atom. The summed E-state index contributed by atoms with van der Waals surface area (Å²) in [5.74, 6) is 0.391. The van der Waals surface area contributed by atoms with Gasteiger partial charge in [0.15, 0.2) is 0 Å². The Hall–Kier alpha value is -0.500. The molecule has 1 aromatic carbocycles. The van der Waals surface area contributed by atoms with Crippen molar-refractivity contribution in [2.45, 2.75) is 11.8 Å². The highest BCUT2D eigenvalue weighted by atomic mass is 32.5. The standard InChI is InChI=1S/C10H16NO5PS2/c1-4-11-19(12,13)10-7-5-9(6-8-10)16-17(18,14-2)15-3/h5-8,11H,4H2,1-3H3. The molecule has 0 amide bonds. The van der Waals surface area contributed by atoms with Gasteiger partial charge in [0.1, 0.15) is 5.75 Å². The highest BCUT2D eigenvalue weighted by Gasteiger charge is 2.19. The molecule has 0 saturated heterocycles. The number of sulfonamides is 1. The van der Waals surface area contributed by atoms with Gasteiger partial charge in [-0.2, -0.15) is 0 Å². The van der Waals surface area contributed by atoms with Crippen LogP contribution in [-0.2, 0) is 30.9 Å². The lowest BCUT2D eigenvalue weighted by Gasteiger charge is -2.18. The second-order valence-corrected chi connectivity index (χ2v) is 8.29. The maximum Gasteiger partial charge on any atom is 0.380 e. The van der Waals surface area contributed by atoms with Gasteiger partial charge in [-0.25, -0.2) is 13.1 Å². The van der Waals surface area contributed by atoms with E-state index in [-0.39, 0.29) is 4.90 Å². The number of rotatable bonds is 7. The highest BCUT2D eigenvalue weighted by Crippen LogP contribution is 2.48. The molecule has 0 aliphatic carbocycles. The minimum absolute atomic E-state index is 0.157. The third kappa shape index (κ3) is 4.52. The Morgan fingerprint density at radius 2 is 1.74 bits per heavy atom. The molecule has 1 N–H and O–H groups in total. The van der Waals surface area contributed by atoms with Crippen molar-refractivity contribution in [1.29, 1.82) is 0 Å². The molecule has 0 bridgehead atoms. The summed E-state index contributed by atoms with van der Waals surface area (Å²) in [6.07, 6.45) is 0. The van der Waals surface area contributed by atoms with Gasteiger partial charge in [0, 0.05) is 32.6 Å². The fourth-order valence-corrected chi connectivity index (χ4v) is 3.21. The molecular weight excluding hydrogens is 309 g/mol. The van der Waals surface area contributed by atoms with Crippen molar-refractivity contribution in [3.8, 4) is 5.75 Å². The van der Waals surface area contributed by atoms with Gasteiger partial charge in [0.25, 0.3) is 0 Å². The molecule has 0 atom stereocenters. The van der Waals surface area contributed by atoms with E-state index in [1.807, 2.05) is 0 Å². The van der Waals surface area contributed by atoms with Gasteiger partial charge >= 0.3 is 6.72 Å². The molecule has 0 fully saturated rings. The number of hydrogen-bond donors (Lipinski definition) is 1. The summed E-state index contributed by atoms with van der Waals surface area (Å²) in [5, 5.41) is 0. The average molecular weight is 325 g/mol. The van der Waals surface area contributed by atoms with Crippen LogP contribution in [-0.4, -0.2) is 29.2 Å². The van der Waals surface area contributed by atoms with Gasteiger partial charge in [-0.3, -0.25) is 0 Å². The van der Waals surface area contributed by atoms with Gasteiger partial charge in [-0.15, -0.1) is 0 Å². The molecule has 0 aromatic heterocycles. The van der Waals surface area contributed by atoms with Crippen LogP contribution in [0.1, 0.15) is 6.92 Å². The van der Waals surface area contributed by atoms with E-state index in [2.05, 4.69) is 4.72 Å². The van der Waals surface area contributed by atoms with E-state index < -0.39 is 16.7 Å². The quantitative estimate of drug-likeness (QED) is 0.772. The molecule has 0 saturated carbocycles. The lowest BCUT2D eigenvalue weighted by atomic mass is 10.3. The Balaban J connectivity index is 2.92. The molecule has 0 aliphatic rings. The average Bonchev–Trinajstić information content (AvgIpc) is 2.39. The van der Waals surface area contributed by atoms with E-state index in [9.17, 15) is 8.42 Å². The molecule has 19 heavy (non-hydrogen) atoms. The monoisotopic (exact) mass is 325 g/mol. The van der Waals surface area contributed by atoms with Crippen molar-refractivity contribution >= 4 is 28.5 Å². The van der Waals surface area contributed by atoms with Crippen LogP contribution in [0.15, 0.2) is 29.2 Å². The topological polar surface area (TPSA) is 73.9 Å². The molecule has 9 heteroatoms. The molecule has 0 heterocycles. The van der Waals surface area contributed by atoms with Crippen LogP contribution < -0.4 is 9.25 Å². The molecule has 108 valence electrons. The van der Waals surface area contributed by atoms with Crippen molar-refractivity contribution in [1.82, 2.24) is 4.72 Å². The largest absolute Gasteiger partial charge is 0.424 e. The zero-order chi connectivity index (χ0) is 14.5. The van der Waals surface area contributed by atoms with Crippen LogP contribution in [0.3, 0.4) is 0 Å². The summed E-state index contributed by atoms with van der Waals surface area (Å²) in [6.45, 7) is -0.765. The van der Waals surface area contributed by atoms with Crippen molar-refractivity contribution in [2.24, 2.45) is 0 Å². The lowest BCUT2D eigenvalue weighted by Crippen LogP contribution is -2.22. The minimum atomic E-state index is -3.47. The van der Waals surface area contributed by atoms with Crippen molar-refractivity contribution in [3.05, 3.63) is 24.3 Å². The zero-order valence-corrected chi connectivity index (χ0v) is 13.3. The first-order valence-electron chi connectivity index (χ1n) is 5.37. The summed E-state index contributed by atoms with van der Waals surface area (Å²) >= 11 is 5.05. The SMILES string of the molecule is CCNS(=O)(=O)c1ccc(OP(=S)(OC)OC)cc1. The van der Waals surface area contributed by atoms with Crippen LogP contribution in [0.4, 0.5) is 0 Å². The second kappa shape index (κ2) is 6.78. The van der Waals surface area contributed by atoms with Gasteiger partial charge in [-0.05, 0) is 24.3 Å². The molecule has 6 nitrogen and oxygen atoms in total. The Labute approximate surface area is 118 Å². The van der Waals surface area contributed by atoms with Crippen LogP contribution in [0, 0.1) is 0 Å². The van der Waals surface area contributed by atoms with Crippen LogP contribution in [0.2, 0.25) is 0 Å². The number of hydrogen-bond acceptors (Lipinski definition) is 6. The number of benzene rings is 1. The molecule has 1 aromatic rings. The normalized spacial score (nSPS) is 12.4. The van der Waals surface area contributed by atoms with Crippen molar-refractivity contribution in [3.63, 3.8) is 0 Å². The van der Waals surface area contributed by atoms with Crippen LogP contribution in [0.5, 0.6) is 5.75 Å². The molecule has 0 radical (unpaired) electrons. The van der Waals surface area contributed by atoms with Crippen LogP contribution in [0.25, 0.3) is 0 Å². The highest BCUT2D eigenvalue weighted by molar-refractivity contribution is 8.07. The Bertz CT molecular complexity index is 550. The first-order chi connectivity index (χ1) is 8.87. The summed E-state index contributed by atoms with van der Waals surface area (Å²) in [5.41, 5.74) is 0. The van der Waals surface area contributed by atoms with E-state index in [1.165, 1.54) is 38.5 Å². The second-order valence-electron chi connectivity index (χ2n) is 3.38. The van der Waals surface area contributed by atoms with E-state index in [4.69, 9.17) is 25.4 Å². The molecular formula is C10H16NO5PS2. The van der Waals surface area contributed by atoms with Gasteiger partial charge in [0.05, 0.1) is 4.90 Å². The number of nitrogens with one attached hydrogen (secondary N) is 1. The fourth-order valence-electron chi connectivity index (χ4n) is 1.23. The van der Waals surface area contributed by atoms with Gasteiger partial charge in [-0.1, -0.05) is 6.92 Å². The maximum atomic E-state index is 11.7. The zero-order valence-electron chi connectivity index (χ0n) is 10.8. The Morgan fingerprint density at radius 3 is 2.16 bits per heavy atom. The van der Waals surface area contributed by atoms with E-state index in [1.54, 1.807) is 6.92 Å². The first kappa shape index (κ1) is 16.6. The summed E-state index contributed by atoms with van der Waals surface area (Å²) < 4.78 is 41.2. The maximum absolute atomic E-state index is 11.7. The third-order valence-electron chi connectivity index (χ3n) is 2.13. The predicted octanol–water partition coefficient (Wildman–Crippen LogP) is 1.88. The van der Waals surface area contributed by atoms with Crippen molar-refractivity contribution < 1.29 is 22.0 Å². The van der Waals surface area contributed by atoms with E-state index in [0.29, 0.717) is 12.3 Å². The third-order valence-corrected chi connectivity index (χ3v) is 6.14. The molecule has 0 unspecified atom stereocenters. The fraction of sp³-hybridized carbons (Fsp3) is 0.400. The van der Waals surface area contributed by atoms with E-state index >= 15 is 0 Å². The van der Waals surface area contributed by atoms with Gasteiger partial charge in [0.2, 0.25) is 10.0 Å². The minimum Gasteiger partial charge on any atom is -0.424 e.